The molecule has 0 aromatic heterocycles. The van der Waals surface area contributed by atoms with Crippen LogP contribution in [-0.4, -0.2) is 193 Å². The second kappa shape index (κ2) is 41.5. The second-order valence-corrected chi connectivity index (χ2v) is 20.7. The lowest BCUT2D eigenvalue weighted by Gasteiger charge is -2.48. The number of carbonyl (C=O) groups excluding carboxylic acids is 1. The number of hydrogen-bond acceptors (Lipinski definition) is 18. The SMILES string of the molecule is CC/C=C\C/C=C\C/C=C\C/C=C\CCCCCCCCCCCCC(=O)NC(COC1OC(CO)C(OC2OC(CO)C(OC3OC(CO)C(O)C(O)C3O)C(O)C2O)C(O)C1O)C(O)/C=C/CCCCCCCCC. The van der Waals surface area contributed by atoms with Crippen LogP contribution in [0.3, 0.4) is 0 Å². The van der Waals surface area contributed by atoms with Crippen molar-refractivity contribution in [2.45, 2.75) is 272 Å². The molecule has 12 N–H and O–H groups in total. The number of carbonyl (C=O) groups is 1. The zero-order valence-electron chi connectivity index (χ0n) is 46.2. The molecule has 1 amide bonds. The van der Waals surface area contributed by atoms with E-state index in [0.29, 0.717) is 6.42 Å². The van der Waals surface area contributed by atoms with Crippen molar-refractivity contribution < 1.29 is 89.4 Å². The van der Waals surface area contributed by atoms with Gasteiger partial charge < -0.3 is 89.9 Å². The molecule has 0 bridgehead atoms. The molecule has 0 aliphatic carbocycles. The first-order valence-electron chi connectivity index (χ1n) is 29.0. The number of allylic oxidation sites excluding steroid dienone is 9. The minimum atomic E-state index is -1.98. The van der Waals surface area contributed by atoms with E-state index in [1.807, 2.05) is 6.08 Å². The molecule has 0 aromatic carbocycles. The van der Waals surface area contributed by atoms with Gasteiger partial charge in [-0.05, 0) is 57.8 Å². The Morgan fingerprint density at radius 2 is 0.896 bits per heavy atom. The number of unbranched alkanes of at least 4 members (excludes halogenated alkanes) is 17. The zero-order chi connectivity index (χ0) is 56.2. The molecule has 3 saturated heterocycles. The summed E-state index contributed by atoms with van der Waals surface area (Å²) in [5.74, 6) is -0.287. The number of ether oxygens (including phenoxy) is 6. The highest BCUT2D eigenvalue weighted by Gasteiger charge is 2.53. The number of aliphatic hydroxyl groups excluding tert-OH is 11. The summed E-state index contributed by atoms with van der Waals surface area (Å²) in [6, 6.07) is -0.975. The Labute approximate surface area is 458 Å². The van der Waals surface area contributed by atoms with E-state index in [1.54, 1.807) is 6.08 Å². The first-order valence-corrected chi connectivity index (χ1v) is 29.0. The summed E-state index contributed by atoms with van der Waals surface area (Å²) in [6.45, 7) is 1.54. The molecular weight excluding hydrogens is 999 g/mol. The Kier molecular flexibility index (Phi) is 37.0. The Morgan fingerprint density at radius 3 is 1.40 bits per heavy atom. The summed E-state index contributed by atoms with van der Waals surface area (Å²) in [4.78, 5) is 13.3. The van der Waals surface area contributed by atoms with Crippen LogP contribution in [0.15, 0.2) is 60.8 Å². The van der Waals surface area contributed by atoms with Crippen LogP contribution in [0.5, 0.6) is 0 Å². The average Bonchev–Trinajstić information content (AvgIpc) is 3.43. The summed E-state index contributed by atoms with van der Waals surface area (Å²) in [6.07, 6.45) is 19.4. The van der Waals surface area contributed by atoms with Crippen molar-refractivity contribution >= 4 is 5.91 Å². The van der Waals surface area contributed by atoms with Gasteiger partial charge in [0.15, 0.2) is 18.9 Å². The molecule has 19 nitrogen and oxygen atoms in total. The van der Waals surface area contributed by atoms with E-state index in [2.05, 4.69) is 67.8 Å². The molecule has 3 aliphatic heterocycles. The first-order chi connectivity index (χ1) is 37.3. The third kappa shape index (κ3) is 25.9. The van der Waals surface area contributed by atoms with Gasteiger partial charge >= 0.3 is 0 Å². The van der Waals surface area contributed by atoms with Crippen molar-refractivity contribution in [1.82, 2.24) is 5.32 Å². The van der Waals surface area contributed by atoms with E-state index in [4.69, 9.17) is 28.4 Å². The summed E-state index contributed by atoms with van der Waals surface area (Å²) >= 11 is 0. The first kappa shape index (κ1) is 68.8. The van der Waals surface area contributed by atoms with Crippen molar-refractivity contribution in [1.29, 1.82) is 0 Å². The summed E-state index contributed by atoms with van der Waals surface area (Å²) < 4.78 is 34.1. The fourth-order valence-electron chi connectivity index (χ4n) is 9.53. The topological polar surface area (TPSA) is 307 Å². The van der Waals surface area contributed by atoms with Crippen LogP contribution in [0.4, 0.5) is 0 Å². The number of rotatable bonds is 41. The lowest BCUT2D eigenvalue weighted by Crippen LogP contribution is -2.66. The van der Waals surface area contributed by atoms with Crippen LogP contribution in [0.25, 0.3) is 0 Å². The van der Waals surface area contributed by atoms with Crippen LogP contribution >= 0.6 is 0 Å². The van der Waals surface area contributed by atoms with E-state index in [-0.39, 0.29) is 18.9 Å². The van der Waals surface area contributed by atoms with Crippen LogP contribution in [0, 0.1) is 0 Å². The normalized spacial score (nSPS) is 31.2. The molecule has 446 valence electrons. The van der Waals surface area contributed by atoms with Gasteiger partial charge in [0.05, 0.1) is 38.6 Å². The van der Waals surface area contributed by atoms with Gasteiger partial charge in [-0.15, -0.1) is 0 Å². The quantitative estimate of drug-likeness (QED) is 0.0297. The molecule has 3 fully saturated rings. The molecule has 3 aliphatic rings. The van der Waals surface area contributed by atoms with E-state index in [0.717, 1.165) is 83.5 Å². The molecule has 3 heterocycles. The van der Waals surface area contributed by atoms with Gasteiger partial charge in [0, 0.05) is 6.42 Å². The number of nitrogens with one attached hydrogen (secondary N) is 1. The molecule has 0 radical (unpaired) electrons. The predicted molar refractivity (Wildman–Crippen MR) is 291 cm³/mol. The van der Waals surface area contributed by atoms with Crippen molar-refractivity contribution in [3.05, 3.63) is 60.8 Å². The minimum Gasteiger partial charge on any atom is -0.394 e. The van der Waals surface area contributed by atoms with Gasteiger partial charge in [-0.25, -0.2) is 0 Å². The van der Waals surface area contributed by atoms with Crippen LogP contribution in [-0.2, 0) is 33.2 Å². The number of amides is 1. The van der Waals surface area contributed by atoms with Crippen LogP contribution < -0.4 is 5.32 Å². The molecule has 3 rings (SSSR count). The van der Waals surface area contributed by atoms with Crippen LogP contribution in [0.2, 0.25) is 0 Å². The summed E-state index contributed by atoms with van der Waals surface area (Å²) in [7, 11) is 0. The average molecular weight is 1100 g/mol. The molecule has 17 unspecified atom stereocenters. The second-order valence-electron chi connectivity index (χ2n) is 20.7. The monoisotopic (exact) mass is 1100 g/mol. The summed E-state index contributed by atoms with van der Waals surface area (Å²) in [5, 5.41) is 120. The van der Waals surface area contributed by atoms with E-state index in [9.17, 15) is 61.0 Å². The number of hydrogen-bond donors (Lipinski definition) is 12. The Bertz CT molecular complexity index is 1650. The van der Waals surface area contributed by atoms with Crippen molar-refractivity contribution in [2.24, 2.45) is 0 Å². The predicted octanol–water partition coefficient (Wildman–Crippen LogP) is 4.48. The highest BCUT2D eigenvalue weighted by atomic mass is 16.8. The smallest absolute Gasteiger partial charge is 0.220 e. The maximum absolute atomic E-state index is 13.3. The molecular formula is C58H101NO18. The molecule has 0 saturated carbocycles. The Hall–Kier alpha value is -2.51. The maximum atomic E-state index is 13.3. The molecule has 17 atom stereocenters. The highest BCUT2D eigenvalue weighted by molar-refractivity contribution is 5.76. The van der Waals surface area contributed by atoms with Gasteiger partial charge in [-0.1, -0.05) is 164 Å². The molecule has 77 heavy (non-hydrogen) atoms. The van der Waals surface area contributed by atoms with Gasteiger partial charge in [0.2, 0.25) is 5.91 Å². The van der Waals surface area contributed by atoms with Gasteiger partial charge in [0.1, 0.15) is 73.2 Å². The number of aliphatic hydroxyl groups is 11. The fourth-order valence-corrected chi connectivity index (χ4v) is 9.53. The lowest BCUT2D eigenvalue weighted by molar-refractivity contribution is -0.379. The molecule has 19 heteroatoms. The third-order valence-corrected chi connectivity index (χ3v) is 14.3. The zero-order valence-corrected chi connectivity index (χ0v) is 46.2. The maximum Gasteiger partial charge on any atom is 0.220 e. The lowest BCUT2D eigenvalue weighted by atomic mass is 9.96. The van der Waals surface area contributed by atoms with E-state index < -0.39 is 124 Å². The Balaban J connectivity index is 1.46. The highest BCUT2D eigenvalue weighted by Crippen LogP contribution is 2.33. The van der Waals surface area contributed by atoms with E-state index in [1.165, 1.54) is 57.8 Å². The standard InChI is InChI=1S/C58H101NO18/c1-3-5-7-9-11-13-14-15-16-17-18-19-20-21-22-23-24-25-26-28-30-32-34-36-46(64)59-41(42(63)35-33-31-29-27-12-10-8-6-4-2)40-72-56-52(70)49(67)54(44(38-61)74-56)77-58-53(71)50(68)55(45(39-62)75-58)76-57-51(69)48(66)47(65)43(37-60)73-57/h5,7,11,13,15-16,18-19,33,35,41-45,47-58,60-63,65-71H,3-4,6,8-10,12,14,17,20-32,34,36-40H2,1-2H3,(H,59,64)/b7-5-,13-11-,16-15-,19-18-,35-33+. The fraction of sp³-hybridized carbons (Fsp3) is 0.810. The van der Waals surface area contributed by atoms with Gasteiger partial charge in [-0.3, -0.25) is 4.79 Å². The van der Waals surface area contributed by atoms with Crippen LogP contribution in [0.1, 0.15) is 168 Å². The minimum absolute atomic E-state index is 0.235. The molecule has 0 aromatic rings. The summed E-state index contributed by atoms with van der Waals surface area (Å²) in [5.41, 5.74) is 0. The van der Waals surface area contributed by atoms with Crippen molar-refractivity contribution in [2.75, 3.05) is 26.4 Å². The third-order valence-electron chi connectivity index (χ3n) is 14.3. The van der Waals surface area contributed by atoms with E-state index >= 15 is 0 Å². The van der Waals surface area contributed by atoms with Gasteiger partial charge in [0.25, 0.3) is 0 Å². The van der Waals surface area contributed by atoms with Crippen molar-refractivity contribution in [3.8, 4) is 0 Å². The van der Waals surface area contributed by atoms with Crippen molar-refractivity contribution in [3.63, 3.8) is 0 Å². The van der Waals surface area contributed by atoms with Gasteiger partial charge in [-0.2, -0.15) is 0 Å². The largest absolute Gasteiger partial charge is 0.394 e. The molecule has 0 spiro atoms. The Morgan fingerprint density at radius 1 is 0.481 bits per heavy atom.